The number of nitrogens with zero attached hydrogens (tertiary/aromatic N) is 2. The van der Waals surface area contributed by atoms with Crippen LogP contribution < -0.4 is 4.90 Å². The number of thiophene rings is 1. The second kappa shape index (κ2) is 14.7. The van der Waals surface area contributed by atoms with Crippen LogP contribution in [0.2, 0.25) is 0 Å². The van der Waals surface area contributed by atoms with Crippen LogP contribution in [0.15, 0.2) is 235 Å². The first kappa shape index (κ1) is 36.5. The molecule has 0 saturated carbocycles. The van der Waals surface area contributed by atoms with Crippen molar-refractivity contribution in [3.05, 3.63) is 231 Å². The molecule has 0 aliphatic carbocycles. The fraction of sp³-hybridized carbons (Fsp3) is 0. The molecule has 3 nitrogen and oxygen atoms in total. The van der Waals surface area contributed by atoms with Crippen LogP contribution in [0, 0.1) is 0 Å². The summed E-state index contributed by atoms with van der Waals surface area (Å²) >= 11 is 1.85. The third-order valence-corrected chi connectivity index (χ3v) is 13.9. The van der Waals surface area contributed by atoms with Gasteiger partial charge in [0.25, 0.3) is 0 Å². The van der Waals surface area contributed by atoms with Crippen molar-refractivity contribution in [3.8, 4) is 39.1 Å². The topological polar surface area (TPSA) is 21.3 Å². The summed E-state index contributed by atoms with van der Waals surface area (Å²) in [5, 5.41) is 7.01. The van der Waals surface area contributed by atoms with Gasteiger partial charge in [0.15, 0.2) is 0 Å². The van der Waals surface area contributed by atoms with Gasteiger partial charge in [-0.05, 0) is 113 Å². The average Bonchev–Trinajstić information content (AvgIpc) is 4.05. The second-order valence-corrected chi connectivity index (χ2v) is 17.5. The summed E-state index contributed by atoms with van der Waals surface area (Å²) in [6.07, 6.45) is 0. The molecule has 0 unspecified atom stereocenters. The van der Waals surface area contributed by atoms with Crippen LogP contribution in [0.5, 0.6) is 0 Å². The second-order valence-electron chi connectivity index (χ2n) is 16.4. The van der Waals surface area contributed by atoms with Gasteiger partial charge in [0.1, 0.15) is 11.2 Å². The zero-order valence-corrected chi connectivity index (χ0v) is 35.5. The number of aromatic nitrogens is 1. The molecule has 3 heterocycles. The zero-order chi connectivity index (χ0) is 42.1. The summed E-state index contributed by atoms with van der Waals surface area (Å²) in [6, 6.07) is 83.3. The quantitative estimate of drug-likeness (QED) is 0.159. The van der Waals surface area contributed by atoms with Gasteiger partial charge in [-0.2, -0.15) is 0 Å². The molecule has 13 aromatic rings. The van der Waals surface area contributed by atoms with Gasteiger partial charge in [-0.3, -0.25) is 0 Å². The lowest BCUT2D eigenvalue weighted by atomic mass is 9.98. The zero-order valence-electron chi connectivity index (χ0n) is 34.7. The molecule has 0 N–H and O–H groups in total. The third kappa shape index (κ3) is 5.81. The van der Waals surface area contributed by atoms with E-state index < -0.39 is 0 Å². The van der Waals surface area contributed by atoms with Crippen molar-refractivity contribution in [3.63, 3.8) is 0 Å². The van der Waals surface area contributed by atoms with E-state index in [9.17, 15) is 0 Å². The van der Waals surface area contributed by atoms with Gasteiger partial charge in [0, 0.05) is 53.3 Å². The maximum Gasteiger partial charge on any atom is 0.145 e. The number of anilines is 3. The standard InChI is InChI=1S/C60H38N2OS/c1-5-16-39(17-6-1)42-29-34-56-49(36-42)50-38-45(30-35-57(50)64-56)62(53-27-15-26-52-58(53)47-24-13-14-25-51(47)61(52)44-22-11-4-12-23-44)54-33-32-46(41-20-9-3-10-21-41)60-59(54)48-31-28-43(37-55(48)63-60)40-18-7-2-8-19-40/h1-38H. The fourth-order valence-corrected chi connectivity index (χ4v) is 10.9. The summed E-state index contributed by atoms with van der Waals surface area (Å²) in [6.45, 7) is 0. The minimum absolute atomic E-state index is 0.854. The minimum atomic E-state index is 0.854. The summed E-state index contributed by atoms with van der Waals surface area (Å²) in [7, 11) is 0. The lowest BCUT2D eigenvalue weighted by molar-refractivity contribution is 0.670. The first-order chi connectivity index (χ1) is 31.7. The number of fused-ring (bicyclic) bond motifs is 9. The number of hydrogen-bond donors (Lipinski definition) is 0. The predicted octanol–water partition coefficient (Wildman–Crippen LogP) is 17.5. The summed E-state index contributed by atoms with van der Waals surface area (Å²) in [5.74, 6) is 0. The van der Waals surface area contributed by atoms with Gasteiger partial charge < -0.3 is 13.9 Å². The van der Waals surface area contributed by atoms with Gasteiger partial charge in [0.2, 0.25) is 0 Å². The Bertz CT molecular complexity index is 3890. The first-order valence-electron chi connectivity index (χ1n) is 21.7. The average molecular weight is 835 g/mol. The van der Waals surface area contributed by atoms with Crippen LogP contribution in [-0.4, -0.2) is 4.57 Å². The van der Waals surface area contributed by atoms with Crippen molar-refractivity contribution < 1.29 is 4.42 Å². The highest BCUT2D eigenvalue weighted by Crippen LogP contribution is 2.50. The van der Waals surface area contributed by atoms with Crippen molar-refractivity contribution in [1.29, 1.82) is 0 Å². The Balaban J connectivity index is 1.13. The molecule has 10 aromatic carbocycles. The van der Waals surface area contributed by atoms with Gasteiger partial charge in [-0.25, -0.2) is 0 Å². The highest BCUT2D eigenvalue weighted by Gasteiger charge is 2.26. The lowest BCUT2D eigenvalue weighted by Gasteiger charge is -2.28. The first-order valence-corrected chi connectivity index (χ1v) is 22.6. The summed E-state index contributed by atoms with van der Waals surface area (Å²) in [4.78, 5) is 2.49. The molecule has 0 aliphatic rings. The SMILES string of the molecule is c1ccc(-c2ccc3c(c2)oc2c(-c4ccccc4)ccc(N(c4ccc5sc6ccc(-c7ccccc7)cc6c5c4)c4cccc5c4c4ccccc4n5-c4ccccc4)c23)cc1. The van der Waals surface area contributed by atoms with Crippen LogP contribution in [0.4, 0.5) is 17.1 Å². The Hall–Kier alpha value is -8.18. The fourth-order valence-electron chi connectivity index (χ4n) is 9.87. The molecule has 0 bridgehead atoms. The van der Waals surface area contributed by atoms with E-state index in [-0.39, 0.29) is 0 Å². The molecule has 0 fully saturated rings. The highest BCUT2D eigenvalue weighted by molar-refractivity contribution is 7.25. The van der Waals surface area contributed by atoms with Gasteiger partial charge in [-0.15, -0.1) is 11.3 Å². The molecule has 0 aliphatic heterocycles. The molecule has 64 heavy (non-hydrogen) atoms. The highest BCUT2D eigenvalue weighted by atomic mass is 32.1. The van der Waals surface area contributed by atoms with E-state index in [0.717, 1.165) is 78.0 Å². The molecule has 0 spiro atoms. The van der Waals surface area contributed by atoms with E-state index in [0.29, 0.717) is 0 Å². The molecule has 4 heteroatoms. The smallest absolute Gasteiger partial charge is 0.145 e. The number of hydrogen-bond acceptors (Lipinski definition) is 3. The molecular weight excluding hydrogens is 797 g/mol. The largest absolute Gasteiger partial charge is 0.455 e. The van der Waals surface area contributed by atoms with E-state index >= 15 is 0 Å². The Morgan fingerprint density at radius 1 is 0.375 bits per heavy atom. The van der Waals surface area contributed by atoms with Crippen molar-refractivity contribution in [1.82, 2.24) is 4.57 Å². The Kier molecular flexibility index (Phi) is 8.40. The Labute approximate surface area is 373 Å². The van der Waals surface area contributed by atoms with Gasteiger partial charge in [-0.1, -0.05) is 146 Å². The molecule has 3 aromatic heterocycles. The molecule has 0 amide bonds. The third-order valence-electron chi connectivity index (χ3n) is 12.8. The van der Waals surface area contributed by atoms with E-state index in [2.05, 4.69) is 240 Å². The van der Waals surface area contributed by atoms with Crippen molar-refractivity contribution in [2.75, 3.05) is 4.90 Å². The van der Waals surface area contributed by atoms with Crippen LogP contribution in [0.3, 0.4) is 0 Å². The monoisotopic (exact) mass is 834 g/mol. The number of para-hydroxylation sites is 2. The molecule has 13 rings (SSSR count). The number of benzene rings is 10. The molecule has 0 radical (unpaired) electrons. The predicted molar refractivity (Wildman–Crippen MR) is 272 cm³/mol. The molecule has 0 atom stereocenters. The molecular formula is C60H38N2OS. The van der Waals surface area contributed by atoms with Crippen molar-refractivity contribution in [2.45, 2.75) is 0 Å². The van der Waals surface area contributed by atoms with Crippen LogP contribution >= 0.6 is 11.3 Å². The Morgan fingerprint density at radius 2 is 0.969 bits per heavy atom. The molecule has 0 saturated heterocycles. The summed E-state index contributed by atoms with van der Waals surface area (Å²) in [5.41, 5.74) is 15.2. The number of rotatable bonds is 7. The minimum Gasteiger partial charge on any atom is -0.455 e. The van der Waals surface area contributed by atoms with Crippen LogP contribution in [-0.2, 0) is 0 Å². The van der Waals surface area contributed by atoms with E-state index in [4.69, 9.17) is 4.42 Å². The van der Waals surface area contributed by atoms with Crippen molar-refractivity contribution >= 4 is 92.3 Å². The van der Waals surface area contributed by atoms with E-state index in [1.807, 2.05) is 11.3 Å². The van der Waals surface area contributed by atoms with Gasteiger partial charge in [0.05, 0.1) is 27.8 Å². The maximum atomic E-state index is 7.12. The van der Waals surface area contributed by atoms with E-state index in [1.54, 1.807) is 0 Å². The lowest BCUT2D eigenvalue weighted by Crippen LogP contribution is -2.11. The number of furan rings is 1. The normalized spacial score (nSPS) is 11.8. The Morgan fingerprint density at radius 3 is 1.72 bits per heavy atom. The van der Waals surface area contributed by atoms with Crippen LogP contribution in [0.1, 0.15) is 0 Å². The molecule has 300 valence electrons. The van der Waals surface area contributed by atoms with Gasteiger partial charge >= 0.3 is 0 Å². The van der Waals surface area contributed by atoms with Crippen LogP contribution in [0.25, 0.3) is 103 Å². The van der Waals surface area contributed by atoms with E-state index in [1.165, 1.54) is 42.1 Å². The summed E-state index contributed by atoms with van der Waals surface area (Å²) < 4.78 is 12.1. The maximum absolute atomic E-state index is 7.12. The van der Waals surface area contributed by atoms with Crippen molar-refractivity contribution in [2.24, 2.45) is 0 Å².